The Hall–Kier alpha value is -2.06. The Labute approximate surface area is 135 Å². The molecule has 1 N–H and O–H groups in total. The Morgan fingerprint density at radius 1 is 1.36 bits per heavy atom. The summed E-state index contributed by atoms with van der Waals surface area (Å²) in [4.78, 5) is 16.4. The summed E-state index contributed by atoms with van der Waals surface area (Å²) in [5, 5.41) is 14.7. The third-order valence-corrected chi connectivity index (χ3v) is 4.75. The van der Waals surface area contributed by atoms with Crippen LogP contribution in [0.15, 0.2) is 21.9 Å². The van der Waals surface area contributed by atoms with Crippen LogP contribution in [0.4, 0.5) is 5.13 Å². The van der Waals surface area contributed by atoms with Gasteiger partial charge in [0, 0.05) is 5.38 Å². The highest BCUT2D eigenvalue weighted by Gasteiger charge is 2.13. The summed E-state index contributed by atoms with van der Waals surface area (Å²) in [7, 11) is 0. The van der Waals surface area contributed by atoms with Gasteiger partial charge < -0.3 is 9.73 Å². The highest BCUT2D eigenvalue weighted by Crippen LogP contribution is 2.25. The van der Waals surface area contributed by atoms with Crippen LogP contribution in [-0.2, 0) is 17.6 Å². The molecule has 0 atom stereocenters. The SMILES string of the molecule is CCc1nnc(NC(=O)Cc2csc(-c3ccc(C)o3)n2)s1. The first-order valence-corrected chi connectivity index (χ1v) is 8.47. The lowest BCUT2D eigenvalue weighted by atomic mass is 10.3. The van der Waals surface area contributed by atoms with Crippen LogP contribution in [0.3, 0.4) is 0 Å². The van der Waals surface area contributed by atoms with Gasteiger partial charge in [-0.3, -0.25) is 4.79 Å². The number of thiazole rings is 1. The molecule has 0 aliphatic heterocycles. The molecule has 3 heterocycles. The van der Waals surface area contributed by atoms with Gasteiger partial charge in [0.25, 0.3) is 0 Å². The third-order valence-electron chi connectivity index (χ3n) is 2.86. The van der Waals surface area contributed by atoms with Crippen LogP contribution in [0.2, 0.25) is 0 Å². The van der Waals surface area contributed by atoms with E-state index in [0.29, 0.717) is 10.8 Å². The number of aryl methyl sites for hydroxylation is 2. The van der Waals surface area contributed by atoms with E-state index in [2.05, 4.69) is 20.5 Å². The first kappa shape index (κ1) is 14.9. The number of carbonyl (C=O) groups excluding carboxylic acids is 1. The summed E-state index contributed by atoms with van der Waals surface area (Å²) >= 11 is 2.85. The number of aromatic nitrogens is 3. The standard InChI is InChI=1S/C14H14N4O2S2/c1-3-12-17-18-14(22-12)16-11(19)6-9-7-21-13(15-9)10-5-4-8(2)20-10/h4-5,7H,3,6H2,1-2H3,(H,16,18,19). The summed E-state index contributed by atoms with van der Waals surface area (Å²) in [6.07, 6.45) is 1.02. The molecule has 0 aromatic carbocycles. The van der Waals surface area contributed by atoms with Gasteiger partial charge in [-0.15, -0.1) is 21.5 Å². The van der Waals surface area contributed by atoms with E-state index in [4.69, 9.17) is 4.42 Å². The normalized spacial score (nSPS) is 10.8. The second-order valence-corrected chi connectivity index (χ2v) is 6.55. The Morgan fingerprint density at radius 2 is 2.23 bits per heavy atom. The van der Waals surface area contributed by atoms with Crippen LogP contribution in [0.25, 0.3) is 10.8 Å². The van der Waals surface area contributed by atoms with Crippen LogP contribution in [0, 0.1) is 6.92 Å². The molecule has 6 nitrogen and oxygen atoms in total. The second kappa shape index (κ2) is 6.37. The summed E-state index contributed by atoms with van der Waals surface area (Å²) in [5.74, 6) is 1.42. The number of nitrogens with one attached hydrogen (secondary N) is 1. The number of hydrogen-bond donors (Lipinski definition) is 1. The van der Waals surface area contributed by atoms with Crippen molar-refractivity contribution in [2.45, 2.75) is 26.7 Å². The van der Waals surface area contributed by atoms with Crippen LogP contribution >= 0.6 is 22.7 Å². The van der Waals surface area contributed by atoms with Crippen molar-refractivity contribution in [3.05, 3.63) is 34.0 Å². The predicted molar refractivity (Wildman–Crippen MR) is 86.2 cm³/mol. The molecule has 0 saturated carbocycles. The third kappa shape index (κ3) is 3.40. The second-order valence-electron chi connectivity index (χ2n) is 4.63. The van der Waals surface area contributed by atoms with Gasteiger partial charge >= 0.3 is 0 Å². The van der Waals surface area contributed by atoms with Crippen LogP contribution < -0.4 is 5.32 Å². The molecular weight excluding hydrogens is 320 g/mol. The topological polar surface area (TPSA) is 80.9 Å². The van der Waals surface area contributed by atoms with Crippen molar-refractivity contribution >= 4 is 33.7 Å². The van der Waals surface area contributed by atoms with Gasteiger partial charge in [0.2, 0.25) is 11.0 Å². The van der Waals surface area contributed by atoms with E-state index in [9.17, 15) is 4.79 Å². The largest absolute Gasteiger partial charge is 0.459 e. The average molecular weight is 334 g/mol. The molecule has 0 aliphatic rings. The molecule has 0 fully saturated rings. The lowest BCUT2D eigenvalue weighted by molar-refractivity contribution is -0.115. The van der Waals surface area contributed by atoms with E-state index in [1.165, 1.54) is 22.7 Å². The van der Waals surface area contributed by atoms with E-state index >= 15 is 0 Å². The van der Waals surface area contributed by atoms with E-state index < -0.39 is 0 Å². The quantitative estimate of drug-likeness (QED) is 0.774. The molecule has 0 saturated heterocycles. The number of furan rings is 1. The predicted octanol–water partition coefficient (Wildman–Crippen LogP) is 3.31. The van der Waals surface area contributed by atoms with Crippen molar-refractivity contribution in [3.8, 4) is 10.8 Å². The number of hydrogen-bond acceptors (Lipinski definition) is 7. The Morgan fingerprint density at radius 3 is 2.91 bits per heavy atom. The number of amides is 1. The molecule has 8 heteroatoms. The summed E-state index contributed by atoms with van der Waals surface area (Å²) in [6, 6.07) is 3.77. The van der Waals surface area contributed by atoms with Gasteiger partial charge in [-0.1, -0.05) is 18.3 Å². The van der Waals surface area contributed by atoms with Crippen molar-refractivity contribution in [2.24, 2.45) is 0 Å². The molecule has 114 valence electrons. The zero-order chi connectivity index (χ0) is 15.5. The molecule has 0 radical (unpaired) electrons. The van der Waals surface area contributed by atoms with Crippen LogP contribution in [0.1, 0.15) is 23.4 Å². The monoisotopic (exact) mass is 334 g/mol. The number of carbonyl (C=O) groups is 1. The van der Waals surface area contributed by atoms with Crippen LogP contribution in [-0.4, -0.2) is 21.1 Å². The fourth-order valence-electron chi connectivity index (χ4n) is 1.83. The molecular formula is C14H14N4O2S2. The molecule has 0 bridgehead atoms. The van der Waals surface area contributed by atoms with Crippen molar-refractivity contribution in [1.29, 1.82) is 0 Å². The van der Waals surface area contributed by atoms with Gasteiger partial charge in [-0.05, 0) is 25.5 Å². The van der Waals surface area contributed by atoms with E-state index in [-0.39, 0.29) is 12.3 Å². The van der Waals surface area contributed by atoms with Crippen molar-refractivity contribution in [3.63, 3.8) is 0 Å². The Bertz CT molecular complexity index is 790. The summed E-state index contributed by atoms with van der Waals surface area (Å²) in [6.45, 7) is 3.89. The van der Waals surface area contributed by atoms with Gasteiger partial charge in [0.15, 0.2) is 10.8 Å². The smallest absolute Gasteiger partial charge is 0.232 e. The Kier molecular flexibility index (Phi) is 4.30. The van der Waals surface area contributed by atoms with E-state index in [1.807, 2.05) is 31.4 Å². The van der Waals surface area contributed by atoms with Gasteiger partial charge in [0.1, 0.15) is 10.8 Å². The molecule has 3 aromatic rings. The minimum atomic E-state index is -0.147. The fourth-order valence-corrected chi connectivity index (χ4v) is 3.30. The van der Waals surface area contributed by atoms with Gasteiger partial charge in [-0.25, -0.2) is 4.98 Å². The van der Waals surface area contributed by atoms with Crippen molar-refractivity contribution in [1.82, 2.24) is 15.2 Å². The summed E-state index contributed by atoms with van der Waals surface area (Å²) in [5.41, 5.74) is 0.715. The first-order valence-electron chi connectivity index (χ1n) is 6.77. The zero-order valence-electron chi connectivity index (χ0n) is 12.1. The lowest BCUT2D eigenvalue weighted by Crippen LogP contribution is -2.14. The van der Waals surface area contributed by atoms with Gasteiger partial charge in [0.05, 0.1) is 12.1 Å². The van der Waals surface area contributed by atoms with E-state index in [0.717, 1.165) is 28.0 Å². The minimum absolute atomic E-state index is 0.147. The van der Waals surface area contributed by atoms with Gasteiger partial charge in [-0.2, -0.15) is 0 Å². The molecule has 1 amide bonds. The molecule has 0 aliphatic carbocycles. The van der Waals surface area contributed by atoms with Crippen LogP contribution in [0.5, 0.6) is 0 Å². The first-order chi connectivity index (χ1) is 10.6. The maximum absolute atomic E-state index is 12.0. The molecule has 3 rings (SSSR count). The van der Waals surface area contributed by atoms with Crippen molar-refractivity contribution < 1.29 is 9.21 Å². The highest BCUT2D eigenvalue weighted by molar-refractivity contribution is 7.15. The molecule has 0 spiro atoms. The zero-order valence-corrected chi connectivity index (χ0v) is 13.8. The Balaban J connectivity index is 1.63. The summed E-state index contributed by atoms with van der Waals surface area (Å²) < 4.78 is 5.53. The fraction of sp³-hybridized carbons (Fsp3) is 0.286. The minimum Gasteiger partial charge on any atom is -0.459 e. The average Bonchev–Trinajstić information content (AvgIpc) is 3.19. The number of nitrogens with zero attached hydrogens (tertiary/aromatic N) is 3. The van der Waals surface area contributed by atoms with Crippen molar-refractivity contribution in [2.75, 3.05) is 5.32 Å². The number of rotatable bonds is 5. The van der Waals surface area contributed by atoms with E-state index in [1.54, 1.807) is 0 Å². The number of anilines is 1. The highest BCUT2D eigenvalue weighted by atomic mass is 32.1. The lowest BCUT2D eigenvalue weighted by Gasteiger charge is -1.97. The maximum atomic E-state index is 12.0. The molecule has 3 aromatic heterocycles. The molecule has 22 heavy (non-hydrogen) atoms. The molecule has 0 unspecified atom stereocenters. The maximum Gasteiger partial charge on any atom is 0.232 e.